The summed E-state index contributed by atoms with van der Waals surface area (Å²) in [6.07, 6.45) is 18.2. The number of carbonyl (C=O) groups is 2. The second-order valence-corrected chi connectivity index (χ2v) is 9.00. The predicted octanol–water partition coefficient (Wildman–Crippen LogP) is 7.77. The first kappa shape index (κ1) is 28.9. The fourth-order valence-electron chi connectivity index (χ4n) is 3.66. The summed E-state index contributed by atoms with van der Waals surface area (Å²) in [5.41, 5.74) is 0. The van der Waals surface area contributed by atoms with Gasteiger partial charge in [0.05, 0.1) is 6.61 Å². The van der Waals surface area contributed by atoms with Crippen molar-refractivity contribution in [2.45, 2.75) is 143 Å². The van der Waals surface area contributed by atoms with Crippen LogP contribution in [0.4, 0.5) is 0 Å². The maximum Gasteiger partial charge on any atom is 0.306 e. The third-order valence-electron chi connectivity index (χ3n) is 5.70. The minimum atomic E-state index is -0.0604. The van der Waals surface area contributed by atoms with E-state index in [-0.39, 0.29) is 18.0 Å². The van der Waals surface area contributed by atoms with Gasteiger partial charge in [-0.25, -0.2) is 0 Å². The van der Waals surface area contributed by atoms with Gasteiger partial charge in [0.15, 0.2) is 0 Å². The number of rotatable bonds is 21. The molecule has 0 aliphatic carbocycles. The van der Waals surface area contributed by atoms with Crippen LogP contribution in [0.15, 0.2) is 0 Å². The van der Waals surface area contributed by atoms with Gasteiger partial charge in [0.25, 0.3) is 0 Å². The third kappa shape index (κ3) is 18.9. The molecular weight excluding hydrogens is 376 g/mol. The number of unbranched alkanes of at least 4 members (excludes halogenated alkanes) is 12. The first-order chi connectivity index (χ1) is 14.5. The second-order valence-electron chi connectivity index (χ2n) is 9.00. The van der Waals surface area contributed by atoms with E-state index in [4.69, 9.17) is 9.47 Å². The van der Waals surface area contributed by atoms with E-state index in [0.29, 0.717) is 25.4 Å². The van der Waals surface area contributed by atoms with E-state index in [9.17, 15) is 9.59 Å². The van der Waals surface area contributed by atoms with Gasteiger partial charge in [-0.1, -0.05) is 98.3 Å². The van der Waals surface area contributed by atoms with E-state index in [1.54, 1.807) is 0 Å². The molecule has 0 aromatic rings. The van der Waals surface area contributed by atoms with Crippen molar-refractivity contribution >= 4 is 11.9 Å². The zero-order chi connectivity index (χ0) is 22.5. The number of carbonyl (C=O) groups excluding carboxylic acids is 2. The van der Waals surface area contributed by atoms with Crippen molar-refractivity contribution in [1.29, 1.82) is 0 Å². The zero-order valence-corrected chi connectivity index (χ0v) is 20.5. The summed E-state index contributed by atoms with van der Waals surface area (Å²) in [4.78, 5) is 23.6. The van der Waals surface area contributed by atoms with Crippen LogP contribution >= 0.6 is 0 Å². The second kappa shape index (κ2) is 21.2. The van der Waals surface area contributed by atoms with Gasteiger partial charge in [0.2, 0.25) is 0 Å². The standard InChI is InChI=1S/C26H50O4/c1-5-7-8-9-10-13-16-19-22-29-25(27)20-17-14-11-12-15-18-21-26(28)30-24(6-2)23(3)4/h23-24H,5-22H2,1-4H3. The van der Waals surface area contributed by atoms with Crippen molar-refractivity contribution in [2.75, 3.05) is 6.61 Å². The Balaban J connectivity index is 3.38. The van der Waals surface area contributed by atoms with Crippen LogP contribution in [-0.4, -0.2) is 24.6 Å². The van der Waals surface area contributed by atoms with Crippen LogP contribution in [0.1, 0.15) is 137 Å². The molecule has 178 valence electrons. The molecule has 0 aliphatic rings. The Morgan fingerprint density at radius 1 is 0.633 bits per heavy atom. The summed E-state index contributed by atoms with van der Waals surface area (Å²) >= 11 is 0. The van der Waals surface area contributed by atoms with Crippen molar-refractivity contribution in [3.8, 4) is 0 Å². The lowest BCUT2D eigenvalue weighted by atomic mass is 10.1. The van der Waals surface area contributed by atoms with E-state index in [2.05, 4.69) is 27.7 Å². The van der Waals surface area contributed by atoms with Crippen LogP contribution < -0.4 is 0 Å². The highest BCUT2D eigenvalue weighted by Gasteiger charge is 2.15. The average molecular weight is 427 g/mol. The Kier molecular flexibility index (Phi) is 20.4. The number of hydrogen-bond donors (Lipinski definition) is 0. The maximum atomic E-state index is 11.9. The summed E-state index contributed by atoms with van der Waals surface area (Å²) < 4.78 is 10.8. The fourth-order valence-corrected chi connectivity index (χ4v) is 3.66. The largest absolute Gasteiger partial charge is 0.466 e. The highest BCUT2D eigenvalue weighted by molar-refractivity contribution is 5.69. The Hall–Kier alpha value is -1.06. The lowest BCUT2D eigenvalue weighted by Crippen LogP contribution is -2.22. The minimum Gasteiger partial charge on any atom is -0.466 e. The monoisotopic (exact) mass is 426 g/mol. The van der Waals surface area contributed by atoms with Crippen LogP contribution in [0, 0.1) is 5.92 Å². The molecule has 4 heteroatoms. The molecular formula is C26H50O4. The Morgan fingerprint density at radius 3 is 1.60 bits per heavy atom. The molecule has 0 N–H and O–H groups in total. The van der Waals surface area contributed by atoms with Crippen LogP contribution in [0.2, 0.25) is 0 Å². The molecule has 1 unspecified atom stereocenters. The molecule has 0 rings (SSSR count). The van der Waals surface area contributed by atoms with E-state index < -0.39 is 0 Å². The minimum absolute atomic E-state index is 0.0451. The normalized spacial score (nSPS) is 12.2. The smallest absolute Gasteiger partial charge is 0.306 e. The summed E-state index contributed by atoms with van der Waals surface area (Å²) in [5.74, 6) is 0.275. The van der Waals surface area contributed by atoms with Gasteiger partial charge in [-0.15, -0.1) is 0 Å². The van der Waals surface area contributed by atoms with Gasteiger partial charge < -0.3 is 9.47 Å². The Bertz CT molecular complexity index is 406. The molecule has 0 aromatic heterocycles. The Morgan fingerprint density at radius 2 is 1.10 bits per heavy atom. The zero-order valence-electron chi connectivity index (χ0n) is 20.5. The van der Waals surface area contributed by atoms with Crippen molar-refractivity contribution in [1.82, 2.24) is 0 Å². The van der Waals surface area contributed by atoms with Crippen LogP contribution in [0.25, 0.3) is 0 Å². The molecule has 0 aliphatic heterocycles. The number of esters is 2. The lowest BCUT2D eigenvalue weighted by Gasteiger charge is -2.19. The molecule has 4 nitrogen and oxygen atoms in total. The molecule has 0 bridgehead atoms. The molecule has 0 aromatic carbocycles. The topological polar surface area (TPSA) is 52.6 Å². The van der Waals surface area contributed by atoms with Crippen LogP contribution in [0.5, 0.6) is 0 Å². The van der Waals surface area contributed by atoms with Gasteiger partial charge in [-0.05, 0) is 31.6 Å². The molecule has 1 atom stereocenters. The van der Waals surface area contributed by atoms with Gasteiger partial charge in [-0.3, -0.25) is 9.59 Å². The summed E-state index contributed by atoms with van der Waals surface area (Å²) in [6.45, 7) is 9.07. The fraction of sp³-hybridized carbons (Fsp3) is 0.923. The van der Waals surface area contributed by atoms with Crippen molar-refractivity contribution < 1.29 is 19.1 Å². The van der Waals surface area contributed by atoms with Crippen LogP contribution in [-0.2, 0) is 19.1 Å². The van der Waals surface area contributed by atoms with E-state index in [1.807, 2.05) is 0 Å². The van der Waals surface area contributed by atoms with E-state index in [0.717, 1.165) is 51.4 Å². The van der Waals surface area contributed by atoms with Gasteiger partial charge in [0.1, 0.15) is 6.10 Å². The van der Waals surface area contributed by atoms with Crippen molar-refractivity contribution in [3.05, 3.63) is 0 Å². The predicted molar refractivity (Wildman–Crippen MR) is 126 cm³/mol. The molecule has 0 radical (unpaired) electrons. The van der Waals surface area contributed by atoms with Gasteiger partial charge >= 0.3 is 11.9 Å². The van der Waals surface area contributed by atoms with E-state index >= 15 is 0 Å². The SMILES string of the molecule is CCCCCCCCCCOC(=O)CCCCCCCCC(=O)OC(CC)C(C)C. The first-order valence-electron chi connectivity index (χ1n) is 12.9. The molecule has 0 heterocycles. The third-order valence-corrected chi connectivity index (χ3v) is 5.70. The van der Waals surface area contributed by atoms with Crippen molar-refractivity contribution in [3.63, 3.8) is 0 Å². The molecule has 0 saturated heterocycles. The average Bonchev–Trinajstić information content (AvgIpc) is 2.72. The quantitative estimate of drug-likeness (QED) is 0.139. The molecule has 30 heavy (non-hydrogen) atoms. The molecule has 0 fully saturated rings. The Labute approximate surface area is 186 Å². The van der Waals surface area contributed by atoms with E-state index in [1.165, 1.54) is 44.9 Å². The molecule has 0 amide bonds. The number of ether oxygens (including phenoxy) is 2. The molecule has 0 saturated carbocycles. The highest BCUT2D eigenvalue weighted by atomic mass is 16.5. The lowest BCUT2D eigenvalue weighted by molar-refractivity contribution is -0.151. The molecule has 0 spiro atoms. The first-order valence-corrected chi connectivity index (χ1v) is 12.9. The highest BCUT2D eigenvalue weighted by Crippen LogP contribution is 2.14. The maximum absolute atomic E-state index is 11.9. The summed E-state index contributed by atoms with van der Waals surface area (Å²) in [7, 11) is 0. The number of hydrogen-bond acceptors (Lipinski definition) is 4. The van der Waals surface area contributed by atoms with Crippen LogP contribution in [0.3, 0.4) is 0 Å². The summed E-state index contributed by atoms with van der Waals surface area (Å²) in [6, 6.07) is 0. The summed E-state index contributed by atoms with van der Waals surface area (Å²) in [5, 5.41) is 0. The van der Waals surface area contributed by atoms with Gasteiger partial charge in [0, 0.05) is 12.8 Å². The van der Waals surface area contributed by atoms with Gasteiger partial charge in [-0.2, -0.15) is 0 Å². The van der Waals surface area contributed by atoms with Crippen molar-refractivity contribution in [2.24, 2.45) is 5.92 Å².